The number of nitrogens with two attached hydrogens (primary N) is 1. The Labute approximate surface area is 166 Å². The number of anilines is 2. The predicted molar refractivity (Wildman–Crippen MR) is 113 cm³/mol. The molecule has 2 aromatic heterocycles. The van der Waals surface area contributed by atoms with Crippen LogP contribution in [0.2, 0.25) is 0 Å². The fraction of sp³-hybridized carbons (Fsp3) is 0.250. The minimum Gasteiger partial charge on any atom is -0.384 e. The maximum Gasteiger partial charge on any atom is 0.273 e. The third kappa shape index (κ3) is 3.83. The molecule has 2 N–H and O–H groups in total. The molecule has 0 unspecified atom stereocenters. The number of aryl methyl sites for hydroxylation is 1. The Morgan fingerprint density at radius 1 is 1.21 bits per heavy atom. The lowest BCUT2D eigenvalue weighted by molar-refractivity contribution is 0.122. The van der Waals surface area contributed by atoms with Crippen LogP contribution in [-0.2, 0) is 4.74 Å². The number of nitrogens with zero attached hydrogens (tertiary/aromatic N) is 4. The quantitative estimate of drug-likeness (QED) is 0.686. The van der Waals surface area contributed by atoms with Gasteiger partial charge in [0, 0.05) is 24.7 Å². The minimum absolute atomic E-state index is 0.257. The van der Waals surface area contributed by atoms with Crippen LogP contribution in [-0.4, -0.2) is 42.2 Å². The van der Waals surface area contributed by atoms with E-state index in [0.29, 0.717) is 19.0 Å². The highest BCUT2D eigenvalue weighted by molar-refractivity contribution is 7.17. The number of rotatable bonds is 4. The molecule has 8 heteroatoms. The Morgan fingerprint density at radius 2 is 1.96 bits per heavy atom. The van der Waals surface area contributed by atoms with E-state index in [0.717, 1.165) is 39.9 Å². The fourth-order valence-corrected chi connectivity index (χ4v) is 4.06. The van der Waals surface area contributed by atoms with Gasteiger partial charge < -0.3 is 15.4 Å². The van der Waals surface area contributed by atoms with E-state index in [1.54, 1.807) is 23.6 Å². The summed E-state index contributed by atoms with van der Waals surface area (Å²) in [5.74, 6) is 0.306. The highest BCUT2D eigenvalue weighted by atomic mass is 32.1. The summed E-state index contributed by atoms with van der Waals surface area (Å²) in [5, 5.41) is 5.27. The first kappa shape index (κ1) is 18.4. The van der Waals surface area contributed by atoms with E-state index in [-0.39, 0.29) is 5.56 Å². The summed E-state index contributed by atoms with van der Waals surface area (Å²) in [4.78, 5) is 20.2. The van der Waals surface area contributed by atoms with Gasteiger partial charge in [0.1, 0.15) is 5.82 Å². The van der Waals surface area contributed by atoms with Crippen LogP contribution in [0.5, 0.6) is 0 Å². The summed E-state index contributed by atoms with van der Waals surface area (Å²) >= 11 is 1.55. The Morgan fingerprint density at radius 3 is 2.68 bits per heavy atom. The molecule has 1 fully saturated rings. The van der Waals surface area contributed by atoms with Crippen molar-refractivity contribution in [2.24, 2.45) is 5.10 Å². The molecule has 28 heavy (non-hydrogen) atoms. The van der Waals surface area contributed by atoms with Crippen molar-refractivity contribution in [1.29, 1.82) is 0 Å². The van der Waals surface area contributed by atoms with Crippen LogP contribution in [0.25, 0.3) is 11.3 Å². The molecular weight excluding hydrogens is 374 g/mol. The Hall–Kier alpha value is -2.97. The number of thiazole rings is 1. The molecule has 1 saturated heterocycles. The number of hydrogen-bond acceptors (Lipinski definition) is 7. The topological polar surface area (TPSA) is 85.7 Å². The number of nitrogen functional groups attached to an aromatic ring is 1. The zero-order chi connectivity index (χ0) is 19.5. The smallest absolute Gasteiger partial charge is 0.273 e. The van der Waals surface area contributed by atoms with E-state index in [9.17, 15) is 4.79 Å². The number of morpholine rings is 1. The van der Waals surface area contributed by atoms with Crippen LogP contribution < -0.4 is 16.2 Å². The van der Waals surface area contributed by atoms with Crippen molar-refractivity contribution in [1.82, 2.24) is 9.66 Å². The lowest BCUT2D eigenvalue weighted by Gasteiger charge is -2.26. The van der Waals surface area contributed by atoms with Crippen molar-refractivity contribution < 1.29 is 4.74 Å². The molecular formula is C20H21N5O2S. The van der Waals surface area contributed by atoms with Gasteiger partial charge in [0.05, 0.1) is 30.0 Å². The highest BCUT2D eigenvalue weighted by Crippen LogP contribution is 2.32. The minimum atomic E-state index is -0.257. The zero-order valence-electron chi connectivity index (χ0n) is 15.5. The second-order valence-corrected chi connectivity index (χ2v) is 7.54. The Kier molecular flexibility index (Phi) is 5.23. The van der Waals surface area contributed by atoms with Crippen molar-refractivity contribution in [3.05, 3.63) is 63.3 Å². The summed E-state index contributed by atoms with van der Waals surface area (Å²) in [7, 11) is 0. The van der Waals surface area contributed by atoms with Crippen molar-refractivity contribution in [2.75, 3.05) is 36.9 Å². The number of hydrogen-bond donors (Lipinski definition) is 1. The molecule has 0 bridgehead atoms. The lowest BCUT2D eigenvalue weighted by Crippen LogP contribution is -2.36. The van der Waals surface area contributed by atoms with Gasteiger partial charge in [0.25, 0.3) is 5.56 Å². The van der Waals surface area contributed by atoms with Crippen LogP contribution in [0.15, 0.2) is 52.4 Å². The average molecular weight is 395 g/mol. The molecule has 1 aromatic carbocycles. The van der Waals surface area contributed by atoms with Crippen molar-refractivity contribution >= 4 is 28.5 Å². The molecule has 0 radical (unpaired) electrons. The Bertz CT molecular complexity index is 1050. The van der Waals surface area contributed by atoms with Gasteiger partial charge in [-0.25, -0.2) is 4.98 Å². The zero-order valence-corrected chi connectivity index (χ0v) is 16.4. The largest absolute Gasteiger partial charge is 0.384 e. The molecule has 0 spiro atoms. The van der Waals surface area contributed by atoms with Crippen molar-refractivity contribution in [3.63, 3.8) is 0 Å². The predicted octanol–water partition coefficient (Wildman–Crippen LogP) is 2.58. The van der Waals surface area contributed by atoms with Gasteiger partial charge in [-0.3, -0.25) is 4.79 Å². The van der Waals surface area contributed by atoms with E-state index < -0.39 is 0 Å². The third-order valence-corrected chi connectivity index (χ3v) is 5.49. The molecule has 4 rings (SSSR count). The van der Waals surface area contributed by atoms with Crippen molar-refractivity contribution in [3.8, 4) is 11.3 Å². The Balaban J connectivity index is 1.75. The second-order valence-electron chi connectivity index (χ2n) is 6.53. The fourth-order valence-electron chi connectivity index (χ4n) is 3.05. The molecule has 144 valence electrons. The molecule has 0 aliphatic carbocycles. The van der Waals surface area contributed by atoms with E-state index in [4.69, 9.17) is 15.5 Å². The molecule has 7 nitrogen and oxygen atoms in total. The average Bonchev–Trinajstić information content (AvgIpc) is 3.13. The molecule has 3 aromatic rings. The van der Waals surface area contributed by atoms with Gasteiger partial charge >= 0.3 is 0 Å². The molecule has 0 atom stereocenters. The van der Waals surface area contributed by atoms with Gasteiger partial charge in [0.15, 0.2) is 5.13 Å². The van der Waals surface area contributed by atoms with E-state index in [1.807, 2.05) is 37.3 Å². The number of benzene rings is 1. The highest BCUT2D eigenvalue weighted by Gasteiger charge is 2.19. The summed E-state index contributed by atoms with van der Waals surface area (Å²) in [5.41, 5.74) is 8.37. The standard InChI is InChI=1S/C20H21N5O2S/c1-14-11-17(21)25(18(26)12-14)22-13-16-19(15-5-3-2-4-6-15)23-20(28-16)24-7-9-27-10-8-24/h2-6,11-13H,7-10,21H2,1H3/b22-13-. The van der Waals surface area contributed by atoms with Crippen LogP contribution in [0, 0.1) is 6.92 Å². The first-order chi connectivity index (χ1) is 13.6. The van der Waals surface area contributed by atoms with Gasteiger partial charge in [0.2, 0.25) is 0 Å². The van der Waals surface area contributed by atoms with E-state index >= 15 is 0 Å². The maximum atomic E-state index is 12.2. The first-order valence-corrected chi connectivity index (χ1v) is 9.86. The van der Waals surface area contributed by atoms with E-state index in [2.05, 4.69) is 10.0 Å². The van der Waals surface area contributed by atoms with Gasteiger partial charge in [-0.15, -0.1) is 0 Å². The number of pyridine rings is 1. The molecule has 0 saturated carbocycles. The van der Waals surface area contributed by atoms with Crippen LogP contribution in [0.4, 0.5) is 10.9 Å². The molecule has 0 amide bonds. The summed E-state index contributed by atoms with van der Waals surface area (Å²) in [6.45, 7) is 4.83. The van der Waals surface area contributed by atoms with Crippen LogP contribution in [0.3, 0.4) is 0 Å². The van der Waals surface area contributed by atoms with Crippen LogP contribution >= 0.6 is 11.3 Å². The number of ether oxygens (including phenoxy) is 1. The lowest BCUT2D eigenvalue weighted by atomic mass is 10.1. The third-order valence-electron chi connectivity index (χ3n) is 4.44. The van der Waals surface area contributed by atoms with Gasteiger partial charge in [-0.1, -0.05) is 41.7 Å². The van der Waals surface area contributed by atoms with Crippen LogP contribution in [0.1, 0.15) is 10.4 Å². The molecule has 3 heterocycles. The molecule has 1 aliphatic heterocycles. The van der Waals surface area contributed by atoms with Gasteiger partial charge in [-0.05, 0) is 18.6 Å². The second kappa shape index (κ2) is 7.95. The van der Waals surface area contributed by atoms with Crippen molar-refractivity contribution in [2.45, 2.75) is 6.92 Å². The number of aromatic nitrogens is 2. The first-order valence-electron chi connectivity index (χ1n) is 9.04. The molecule has 1 aliphatic rings. The summed E-state index contributed by atoms with van der Waals surface area (Å²) < 4.78 is 6.65. The van der Waals surface area contributed by atoms with Gasteiger partial charge in [-0.2, -0.15) is 9.78 Å². The summed E-state index contributed by atoms with van der Waals surface area (Å²) in [6.07, 6.45) is 1.66. The summed E-state index contributed by atoms with van der Waals surface area (Å²) in [6, 6.07) is 13.2. The monoisotopic (exact) mass is 395 g/mol. The van der Waals surface area contributed by atoms with E-state index in [1.165, 1.54) is 10.7 Å². The normalized spacial score (nSPS) is 14.7. The SMILES string of the molecule is Cc1cc(N)n(/N=C\c2sc(N3CCOCC3)nc2-c2ccccc2)c(=O)c1. The maximum absolute atomic E-state index is 12.2.